The van der Waals surface area contributed by atoms with Crippen LogP contribution in [0.4, 0.5) is 16.2 Å². The van der Waals surface area contributed by atoms with Gasteiger partial charge in [0.15, 0.2) is 0 Å². The van der Waals surface area contributed by atoms with Crippen molar-refractivity contribution in [1.29, 1.82) is 0 Å². The van der Waals surface area contributed by atoms with Crippen LogP contribution in [0.2, 0.25) is 0 Å². The van der Waals surface area contributed by atoms with Gasteiger partial charge in [-0.05, 0) is 43.2 Å². The Bertz CT molecular complexity index is 698. The molecule has 134 valence electrons. The summed E-state index contributed by atoms with van der Waals surface area (Å²) in [5.74, 6) is 0. The largest absolute Gasteiger partial charge is 0.399 e. The van der Waals surface area contributed by atoms with Gasteiger partial charge in [0, 0.05) is 44.6 Å². The maximum absolute atomic E-state index is 12.7. The molecule has 2 rings (SSSR count). The lowest BCUT2D eigenvalue weighted by Crippen LogP contribution is -2.42. The molecule has 2 amide bonds. The van der Waals surface area contributed by atoms with Gasteiger partial charge in [-0.25, -0.2) is 4.79 Å². The van der Waals surface area contributed by atoms with Crippen LogP contribution in [0, 0.1) is 0 Å². The second-order valence-corrected chi connectivity index (χ2v) is 6.73. The maximum Gasteiger partial charge on any atom is 0.318 e. The number of anilines is 2. The van der Waals surface area contributed by atoms with Gasteiger partial charge >= 0.3 is 6.03 Å². The summed E-state index contributed by atoms with van der Waals surface area (Å²) in [5.41, 5.74) is 9.86. The molecule has 0 saturated carbocycles. The Kier molecular flexibility index (Phi) is 6.28. The van der Waals surface area contributed by atoms with Crippen LogP contribution in [0.1, 0.15) is 25.0 Å². The Morgan fingerprint density at radius 2 is 1.76 bits per heavy atom. The molecule has 0 bridgehead atoms. The molecule has 25 heavy (non-hydrogen) atoms. The van der Waals surface area contributed by atoms with E-state index in [0.717, 1.165) is 16.8 Å². The van der Waals surface area contributed by atoms with Crippen LogP contribution in [-0.4, -0.2) is 31.1 Å². The Hall–Kier alpha value is -2.69. The minimum atomic E-state index is -0.0778. The molecule has 0 aliphatic rings. The van der Waals surface area contributed by atoms with Crippen molar-refractivity contribution in [3.63, 3.8) is 0 Å². The average Bonchev–Trinajstić information content (AvgIpc) is 2.54. The van der Waals surface area contributed by atoms with Gasteiger partial charge in [0.1, 0.15) is 0 Å². The summed E-state index contributed by atoms with van der Waals surface area (Å²) in [6.45, 7) is 4.96. The number of urea groups is 1. The van der Waals surface area contributed by atoms with Crippen LogP contribution in [0.25, 0.3) is 0 Å². The third kappa shape index (κ3) is 5.41. The molecule has 2 aromatic carbocycles. The van der Waals surface area contributed by atoms with Crippen LogP contribution >= 0.6 is 0 Å². The summed E-state index contributed by atoms with van der Waals surface area (Å²) in [6.07, 6.45) is 0. The van der Waals surface area contributed by atoms with Crippen molar-refractivity contribution >= 4 is 17.4 Å². The van der Waals surface area contributed by atoms with E-state index >= 15 is 0 Å². The lowest BCUT2D eigenvalue weighted by molar-refractivity contribution is 0.190. The van der Waals surface area contributed by atoms with Crippen molar-refractivity contribution in [3.05, 3.63) is 59.7 Å². The van der Waals surface area contributed by atoms with Gasteiger partial charge < -0.3 is 20.9 Å². The molecule has 0 aliphatic heterocycles. The average molecular weight is 340 g/mol. The van der Waals surface area contributed by atoms with Crippen molar-refractivity contribution in [1.82, 2.24) is 10.2 Å². The first-order valence-electron chi connectivity index (χ1n) is 8.52. The fourth-order valence-corrected chi connectivity index (χ4v) is 2.72. The van der Waals surface area contributed by atoms with E-state index in [4.69, 9.17) is 5.73 Å². The molecule has 0 saturated heterocycles. The highest BCUT2D eigenvalue weighted by Crippen LogP contribution is 2.24. The highest BCUT2D eigenvalue weighted by atomic mass is 16.2. The predicted molar refractivity (Wildman–Crippen MR) is 105 cm³/mol. The van der Waals surface area contributed by atoms with E-state index in [-0.39, 0.29) is 12.1 Å². The predicted octanol–water partition coefficient (Wildman–Crippen LogP) is 3.46. The number of nitrogens with one attached hydrogen (secondary N) is 1. The Balaban J connectivity index is 2.29. The van der Waals surface area contributed by atoms with E-state index in [1.807, 2.05) is 86.3 Å². The number of rotatable bonds is 6. The molecule has 5 heteroatoms. The molecule has 0 aliphatic carbocycles. The fraction of sp³-hybridized carbons (Fsp3) is 0.350. The molecule has 0 radical (unpaired) electrons. The van der Waals surface area contributed by atoms with E-state index < -0.39 is 0 Å². The molecule has 0 spiro atoms. The molecule has 0 unspecified atom stereocenters. The molecular formula is C20H28N4O. The molecule has 0 heterocycles. The molecular weight excluding hydrogens is 312 g/mol. The SMILES string of the molecule is CC(C)NC(=O)N(Cc1ccccc1)Cc1cc(N)ccc1N(C)C. The normalized spacial score (nSPS) is 10.6. The monoisotopic (exact) mass is 340 g/mol. The number of carbonyl (C=O) groups excluding carboxylic acids is 1. The highest BCUT2D eigenvalue weighted by molar-refractivity contribution is 5.75. The fourth-order valence-electron chi connectivity index (χ4n) is 2.72. The minimum absolute atomic E-state index is 0.0778. The van der Waals surface area contributed by atoms with Crippen LogP contribution < -0.4 is 16.0 Å². The summed E-state index contributed by atoms with van der Waals surface area (Å²) < 4.78 is 0. The number of hydrogen-bond donors (Lipinski definition) is 2. The molecule has 0 fully saturated rings. The van der Waals surface area contributed by atoms with Gasteiger partial charge in [-0.3, -0.25) is 0 Å². The summed E-state index contributed by atoms with van der Waals surface area (Å²) in [6, 6.07) is 15.8. The Morgan fingerprint density at radius 3 is 2.36 bits per heavy atom. The molecule has 0 atom stereocenters. The van der Waals surface area contributed by atoms with E-state index in [1.54, 1.807) is 0 Å². The number of amides is 2. The van der Waals surface area contributed by atoms with E-state index in [0.29, 0.717) is 18.8 Å². The van der Waals surface area contributed by atoms with Crippen molar-refractivity contribution in [2.24, 2.45) is 0 Å². The number of nitrogens with zero attached hydrogens (tertiary/aromatic N) is 2. The Labute approximate surface area is 150 Å². The first-order chi connectivity index (χ1) is 11.9. The zero-order valence-electron chi connectivity index (χ0n) is 15.5. The first-order valence-corrected chi connectivity index (χ1v) is 8.52. The topological polar surface area (TPSA) is 61.6 Å². The van der Waals surface area contributed by atoms with Gasteiger partial charge in [-0.1, -0.05) is 30.3 Å². The molecule has 0 aromatic heterocycles. The quantitative estimate of drug-likeness (QED) is 0.792. The number of benzene rings is 2. The van der Waals surface area contributed by atoms with Gasteiger partial charge in [-0.15, -0.1) is 0 Å². The third-order valence-electron chi connectivity index (χ3n) is 3.86. The first kappa shape index (κ1) is 18.6. The van der Waals surface area contributed by atoms with Gasteiger partial charge in [-0.2, -0.15) is 0 Å². The third-order valence-corrected chi connectivity index (χ3v) is 3.86. The lowest BCUT2D eigenvalue weighted by atomic mass is 10.1. The van der Waals surface area contributed by atoms with Crippen molar-refractivity contribution < 1.29 is 4.79 Å². The van der Waals surface area contributed by atoms with Gasteiger partial charge in [0.2, 0.25) is 0 Å². The number of nitrogens with two attached hydrogens (primary N) is 1. The van der Waals surface area contributed by atoms with Crippen LogP contribution in [0.15, 0.2) is 48.5 Å². The number of carbonyl (C=O) groups is 1. The van der Waals surface area contributed by atoms with Crippen molar-refractivity contribution in [2.45, 2.75) is 33.0 Å². The molecule has 5 nitrogen and oxygen atoms in total. The maximum atomic E-state index is 12.7. The van der Waals surface area contributed by atoms with Gasteiger partial charge in [0.25, 0.3) is 0 Å². The minimum Gasteiger partial charge on any atom is -0.399 e. The second kappa shape index (κ2) is 8.42. The van der Waals surface area contributed by atoms with Crippen LogP contribution in [0.3, 0.4) is 0 Å². The molecule has 3 N–H and O–H groups in total. The van der Waals surface area contributed by atoms with E-state index in [2.05, 4.69) is 5.32 Å². The Morgan fingerprint density at radius 1 is 1.08 bits per heavy atom. The van der Waals surface area contributed by atoms with Crippen LogP contribution in [-0.2, 0) is 13.1 Å². The molecule has 2 aromatic rings. The lowest BCUT2D eigenvalue weighted by Gasteiger charge is -2.27. The van der Waals surface area contributed by atoms with E-state index in [1.165, 1.54) is 0 Å². The van der Waals surface area contributed by atoms with E-state index in [9.17, 15) is 4.79 Å². The zero-order chi connectivity index (χ0) is 18.4. The van der Waals surface area contributed by atoms with Crippen molar-refractivity contribution in [2.75, 3.05) is 24.7 Å². The highest BCUT2D eigenvalue weighted by Gasteiger charge is 2.17. The zero-order valence-corrected chi connectivity index (χ0v) is 15.5. The van der Waals surface area contributed by atoms with Crippen molar-refractivity contribution in [3.8, 4) is 0 Å². The smallest absolute Gasteiger partial charge is 0.318 e. The second-order valence-electron chi connectivity index (χ2n) is 6.73. The summed E-state index contributed by atoms with van der Waals surface area (Å²) in [4.78, 5) is 16.6. The van der Waals surface area contributed by atoms with Crippen LogP contribution in [0.5, 0.6) is 0 Å². The summed E-state index contributed by atoms with van der Waals surface area (Å²) in [5, 5.41) is 2.99. The summed E-state index contributed by atoms with van der Waals surface area (Å²) >= 11 is 0. The number of hydrogen-bond acceptors (Lipinski definition) is 3. The number of nitrogen functional groups attached to an aromatic ring is 1. The summed E-state index contributed by atoms with van der Waals surface area (Å²) in [7, 11) is 3.98. The van der Waals surface area contributed by atoms with Gasteiger partial charge in [0.05, 0.1) is 0 Å². The standard InChI is InChI=1S/C20H28N4O/c1-15(2)22-20(25)24(13-16-8-6-5-7-9-16)14-17-12-18(21)10-11-19(17)23(3)4/h5-12,15H,13-14,21H2,1-4H3,(H,22,25).